The van der Waals surface area contributed by atoms with E-state index >= 15 is 0 Å². The van der Waals surface area contributed by atoms with E-state index in [1.54, 1.807) is 18.3 Å². The first-order valence-corrected chi connectivity index (χ1v) is 11.7. The summed E-state index contributed by atoms with van der Waals surface area (Å²) in [7, 11) is 0. The van der Waals surface area contributed by atoms with Crippen molar-refractivity contribution >= 4 is 17.1 Å². The number of nitrogens with zero attached hydrogens (tertiary/aromatic N) is 4. The van der Waals surface area contributed by atoms with Crippen molar-refractivity contribution in [2.75, 3.05) is 26.2 Å². The second kappa shape index (κ2) is 11.2. The number of hydrogen-bond donors (Lipinski definition) is 1. The van der Waals surface area contributed by atoms with Crippen molar-refractivity contribution in [1.82, 2.24) is 24.8 Å². The molecule has 3 heterocycles. The predicted octanol–water partition coefficient (Wildman–Crippen LogP) is 3.93. The fourth-order valence-electron chi connectivity index (χ4n) is 4.34. The normalized spacial score (nSPS) is 14.7. The third-order valence-corrected chi connectivity index (χ3v) is 6.06. The van der Waals surface area contributed by atoms with Crippen molar-refractivity contribution in [2.45, 2.75) is 51.5 Å². The summed E-state index contributed by atoms with van der Waals surface area (Å²) < 4.78 is 15.3. The van der Waals surface area contributed by atoms with Gasteiger partial charge in [0.05, 0.1) is 6.54 Å². The summed E-state index contributed by atoms with van der Waals surface area (Å²) in [4.78, 5) is 24.0. The van der Waals surface area contributed by atoms with E-state index in [0.717, 1.165) is 48.5 Å². The Morgan fingerprint density at radius 1 is 1.06 bits per heavy atom. The molecule has 1 N–H and O–H groups in total. The van der Waals surface area contributed by atoms with Crippen molar-refractivity contribution in [1.29, 1.82) is 0 Å². The molecule has 2 aromatic heterocycles. The van der Waals surface area contributed by atoms with E-state index in [-0.39, 0.29) is 11.7 Å². The zero-order chi connectivity index (χ0) is 22.2. The number of carbonyl (C=O) groups is 1. The first-order chi connectivity index (χ1) is 15.7. The molecule has 0 radical (unpaired) electrons. The van der Waals surface area contributed by atoms with Crippen LogP contribution in [0, 0.1) is 5.82 Å². The van der Waals surface area contributed by atoms with Gasteiger partial charge in [-0.2, -0.15) is 0 Å². The van der Waals surface area contributed by atoms with E-state index in [4.69, 9.17) is 4.98 Å². The number of imidazole rings is 1. The van der Waals surface area contributed by atoms with Gasteiger partial charge < -0.3 is 14.8 Å². The van der Waals surface area contributed by atoms with Crippen molar-refractivity contribution in [3.63, 3.8) is 0 Å². The summed E-state index contributed by atoms with van der Waals surface area (Å²) >= 11 is 0. The van der Waals surface area contributed by atoms with Gasteiger partial charge in [0.15, 0.2) is 5.65 Å². The van der Waals surface area contributed by atoms with Crippen LogP contribution < -0.4 is 5.32 Å². The number of carbonyl (C=O) groups excluding carboxylic acids is 1. The Hall–Kier alpha value is -2.80. The Kier molecular flexibility index (Phi) is 7.82. The average Bonchev–Trinajstić information content (AvgIpc) is 3.16. The van der Waals surface area contributed by atoms with Gasteiger partial charge in [0.25, 0.3) is 0 Å². The van der Waals surface area contributed by atoms with Crippen LogP contribution >= 0.6 is 0 Å². The van der Waals surface area contributed by atoms with Crippen molar-refractivity contribution in [3.05, 3.63) is 59.8 Å². The summed E-state index contributed by atoms with van der Waals surface area (Å²) in [5, 5.41) is 3.05. The molecule has 1 saturated heterocycles. The van der Waals surface area contributed by atoms with Gasteiger partial charge in [-0.1, -0.05) is 18.6 Å². The SMILES string of the molecule is O=C(CCCc1nc2cccnc2n1Cc1ccc(F)cc1)NCCCN1CCCCC1. The first kappa shape index (κ1) is 22.4. The maximum Gasteiger partial charge on any atom is 0.220 e. The van der Waals surface area contributed by atoms with E-state index < -0.39 is 0 Å². The maximum absolute atomic E-state index is 13.3. The minimum absolute atomic E-state index is 0.1000. The molecule has 4 rings (SSSR count). The van der Waals surface area contributed by atoms with Crippen LogP contribution in [0.1, 0.15) is 49.9 Å². The van der Waals surface area contributed by atoms with Gasteiger partial charge in [0.1, 0.15) is 17.2 Å². The van der Waals surface area contributed by atoms with Crippen molar-refractivity contribution < 1.29 is 9.18 Å². The molecule has 6 nitrogen and oxygen atoms in total. The Bertz CT molecular complexity index is 1010. The second-order valence-electron chi connectivity index (χ2n) is 8.55. The number of benzene rings is 1. The minimum atomic E-state index is -0.246. The van der Waals surface area contributed by atoms with Crippen LogP contribution in [-0.4, -0.2) is 51.5 Å². The second-order valence-corrected chi connectivity index (χ2v) is 8.55. The van der Waals surface area contributed by atoms with Crippen LogP contribution in [0.25, 0.3) is 11.2 Å². The van der Waals surface area contributed by atoms with Gasteiger partial charge in [-0.05, 0) is 75.1 Å². The number of halogens is 1. The van der Waals surface area contributed by atoms with Crippen LogP contribution in [0.3, 0.4) is 0 Å². The first-order valence-electron chi connectivity index (χ1n) is 11.7. The number of piperidine rings is 1. The van der Waals surface area contributed by atoms with E-state index in [9.17, 15) is 9.18 Å². The smallest absolute Gasteiger partial charge is 0.220 e. The number of pyridine rings is 1. The third kappa shape index (κ3) is 6.13. The van der Waals surface area contributed by atoms with Crippen molar-refractivity contribution in [3.8, 4) is 0 Å². The monoisotopic (exact) mass is 437 g/mol. The highest BCUT2D eigenvalue weighted by Crippen LogP contribution is 2.18. The highest BCUT2D eigenvalue weighted by atomic mass is 19.1. The summed E-state index contributed by atoms with van der Waals surface area (Å²) in [5.74, 6) is 0.758. The Morgan fingerprint density at radius 3 is 2.69 bits per heavy atom. The van der Waals surface area contributed by atoms with Crippen LogP contribution in [0.2, 0.25) is 0 Å². The molecular formula is C25H32FN5O. The van der Waals surface area contributed by atoms with E-state index in [0.29, 0.717) is 19.4 Å². The molecule has 0 unspecified atom stereocenters. The number of likely N-dealkylation sites (tertiary alicyclic amines) is 1. The quantitative estimate of drug-likeness (QED) is 0.488. The zero-order valence-electron chi connectivity index (χ0n) is 18.6. The largest absolute Gasteiger partial charge is 0.356 e. The van der Waals surface area contributed by atoms with Crippen molar-refractivity contribution in [2.24, 2.45) is 0 Å². The van der Waals surface area contributed by atoms with Gasteiger partial charge in [0, 0.05) is 25.6 Å². The van der Waals surface area contributed by atoms with Crippen LogP contribution in [0.15, 0.2) is 42.6 Å². The summed E-state index contributed by atoms with van der Waals surface area (Å²) in [6, 6.07) is 10.3. The molecule has 1 amide bonds. The van der Waals surface area contributed by atoms with Gasteiger partial charge in [0.2, 0.25) is 5.91 Å². The number of amides is 1. The lowest BCUT2D eigenvalue weighted by molar-refractivity contribution is -0.121. The zero-order valence-corrected chi connectivity index (χ0v) is 18.6. The number of fused-ring (bicyclic) bond motifs is 1. The number of aromatic nitrogens is 3. The molecule has 3 aromatic rings. The summed E-state index contributed by atoms with van der Waals surface area (Å²) in [6.07, 6.45) is 8.61. The van der Waals surface area contributed by atoms with Gasteiger partial charge in [-0.25, -0.2) is 14.4 Å². The molecule has 0 spiro atoms. The molecule has 170 valence electrons. The van der Waals surface area contributed by atoms with Crippen LogP contribution in [0.4, 0.5) is 4.39 Å². The molecule has 0 bridgehead atoms. The molecule has 1 aliphatic heterocycles. The Balaban J connectivity index is 1.28. The lowest BCUT2D eigenvalue weighted by Crippen LogP contribution is -2.33. The molecule has 0 atom stereocenters. The molecule has 32 heavy (non-hydrogen) atoms. The van der Waals surface area contributed by atoms with Crippen LogP contribution in [0.5, 0.6) is 0 Å². The van der Waals surface area contributed by atoms with Gasteiger partial charge >= 0.3 is 0 Å². The number of hydrogen-bond acceptors (Lipinski definition) is 4. The molecule has 1 aliphatic rings. The van der Waals surface area contributed by atoms with Gasteiger partial charge in [-0.15, -0.1) is 0 Å². The fraction of sp³-hybridized carbons (Fsp3) is 0.480. The standard InChI is InChI=1S/C25H32FN5O/c26-21-12-10-20(11-13-21)19-31-23(29-22-7-5-14-28-25(22)31)8-4-9-24(32)27-15-6-18-30-16-2-1-3-17-30/h5,7,10-14H,1-4,6,8-9,15-19H2,(H,27,32). The number of rotatable bonds is 10. The van der Waals surface area contributed by atoms with Gasteiger partial charge in [-0.3, -0.25) is 4.79 Å². The maximum atomic E-state index is 13.3. The number of aryl methyl sites for hydroxylation is 1. The molecular weight excluding hydrogens is 405 g/mol. The third-order valence-electron chi connectivity index (χ3n) is 6.06. The Morgan fingerprint density at radius 2 is 1.88 bits per heavy atom. The topological polar surface area (TPSA) is 63.1 Å². The fourth-order valence-corrected chi connectivity index (χ4v) is 4.34. The molecule has 1 aromatic carbocycles. The minimum Gasteiger partial charge on any atom is -0.356 e. The summed E-state index contributed by atoms with van der Waals surface area (Å²) in [5.41, 5.74) is 2.64. The number of nitrogens with one attached hydrogen (secondary N) is 1. The van der Waals surface area contributed by atoms with E-state index in [1.165, 1.54) is 44.5 Å². The molecule has 7 heteroatoms. The highest BCUT2D eigenvalue weighted by Gasteiger charge is 2.13. The van der Waals surface area contributed by atoms with Crippen LogP contribution in [-0.2, 0) is 17.8 Å². The lowest BCUT2D eigenvalue weighted by atomic mass is 10.1. The highest BCUT2D eigenvalue weighted by molar-refractivity contribution is 5.75. The average molecular weight is 438 g/mol. The van der Waals surface area contributed by atoms with E-state index in [2.05, 4.69) is 19.8 Å². The van der Waals surface area contributed by atoms with E-state index in [1.807, 2.05) is 12.1 Å². The molecule has 0 saturated carbocycles. The predicted molar refractivity (Wildman–Crippen MR) is 124 cm³/mol. The molecule has 1 fully saturated rings. The lowest BCUT2D eigenvalue weighted by Gasteiger charge is -2.26. The summed E-state index contributed by atoms with van der Waals surface area (Å²) in [6.45, 7) is 4.78. The molecule has 0 aliphatic carbocycles. The Labute approximate surface area is 188 Å².